The van der Waals surface area contributed by atoms with Crippen LogP contribution in [0.4, 0.5) is 0 Å². The molecule has 0 aromatic heterocycles. The van der Waals surface area contributed by atoms with Gasteiger partial charge in [0, 0.05) is 25.6 Å². The molecule has 23 heavy (non-hydrogen) atoms. The fraction of sp³-hybridized carbons (Fsp3) is 0.700. The molecule has 1 aliphatic carbocycles. The average Bonchev–Trinajstić information content (AvgIpc) is 2.69. The second-order valence-electron chi connectivity index (χ2n) is 7.87. The summed E-state index contributed by atoms with van der Waals surface area (Å²) >= 11 is 0. The summed E-state index contributed by atoms with van der Waals surface area (Å²) in [5, 5.41) is 14.1. The summed E-state index contributed by atoms with van der Waals surface area (Å²) in [6.45, 7) is 4.33. The molecule has 1 aromatic carbocycles. The first-order valence-corrected chi connectivity index (χ1v) is 9.50. The Kier molecular flexibility index (Phi) is 4.44. The van der Waals surface area contributed by atoms with Gasteiger partial charge in [0.2, 0.25) is 0 Å². The second-order valence-corrected chi connectivity index (χ2v) is 7.87. The lowest BCUT2D eigenvalue weighted by atomic mass is 9.85. The van der Waals surface area contributed by atoms with Gasteiger partial charge in [-0.3, -0.25) is 4.90 Å². The van der Waals surface area contributed by atoms with Crippen molar-refractivity contribution in [3.63, 3.8) is 0 Å². The van der Waals surface area contributed by atoms with Crippen LogP contribution in [0.1, 0.15) is 48.8 Å². The van der Waals surface area contributed by atoms with Crippen LogP contribution in [-0.4, -0.2) is 47.8 Å². The van der Waals surface area contributed by atoms with Gasteiger partial charge in [0.05, 0.1) is 5.60 Å². The Bertz CT molecular complexity index is 547. The van der Waals surface area contributed by atoms with Crippen LogP contribution in [0.25, 0.3) is 0 Å². The van der Waals surface area contributed by atoms with E-state index in [0.717, 1.165) is 38.4 Å². The molecular weight excluding hydrogens is 284 g/mol. The van der Waals surface area contributed by atoms with Gasteiger partial charge in [-0.1, -0.05) is 24.6 Å². The molecule has 0 unspecified atom stereocenters. The van der Waals surface area contributed by atoms with Crippen molar-refractivity contribution in [2.24, 2.45) is 0 Å². The Hall–Kier alpha value is -0.900. The van der Waals surface area contributed by atoms with Crippen molar-refractivity contribution in [3.8, 4) is 0 Å². The van der Waals surface area contributed by atoms with Crippen molar-refractivity contribution in [1.82, 2.24) is 10.2 Å². The van der Waals surface area contributed by atoms with Crippen molar-refractivity contribution in [2.75, 3.05) is 26.2 Å². The van der Waals surface area contributed by atoms with E-state index < -0.39 is 5.60 Å². The highest BCUT2D eigenvalue weighted by molar-refractivity contribution is 5.34. The minimum Gasteiger partial charge on any atom is -0.389 e. The van der Waals surface area contributed by atoms with Gasteiger partial charge >= 0.3 is 0 Å². The van der Waals surface area contributed by atoms with E-state index in [1.165, 1.54) is 61.9 Å². The van der Waals surface area contributed by atoms with Crippen LogP contribution < -0.4 is 5.32 Å². The summed E-state index contributed by atoms with van der Waals surface area (Å²) in [5.41, 5.74) is 3.89. The first-order chi connectivity index (χ1) is 11.2. The molecule has 2 N–H and O–H groups in total. The van der Waals surface area contributed by atoms with Gasteiger partial charge in [0.15, 0.2) is 0 Å². The van der Waals surface area contributed by atoms with Crippen molar-refractivity contribution in [1.29, 1.82) is 0 Å². The first-order valence-electron chi connectivity index (χ1n) is 9.50. The number of aliphatic hydroxyl groups is 1. The lowest BCUT2D eigenvalue weighted by Gasteiger charge is -2.36. The molecule has 2 heterocycles. The Morgan fingerprint density at radius 1 is 1.09 bits per heavy atom. The summed E-state index contributed by atoms with van der Waals surface area (Å²) in [4.78, 5) is 2.71. The van der Waals surface area contributed by atoms with Crippen LogP contribution in [0.2, 0.25) is 0 Å². The maximum Gasteiger partial charge on any atom is 0.0712 e. The zero-order chi connectivity index (χ0) is 15.7. The van der Waals surface area contributed by atoms with E-state index in [1.54, 1.807) is 0 Å². The predicted molar refractivity (Wildman–Crippen MR) is 93.8 cm³/mol. The minimum absolute atomic E-state index is 0.498. The van der Waals surface area contributed by atoms with E-state index in [9.17, 15) is 5.11 Å². The summed E-state index contributed by atoms with van der Waals surface area (Å²) in [5.74, 6) is 0. The molecular formula is C20H30N2O. The van der Waals surface area contributed by atoms with Crippen LogP contribution >= 0.6 is 0 Å². The molecule has 0 atom stereocenters. The van der Waals surface area contributed by atoms with E-state index in [-0.39, 0.29) is 0 Å². The Morgan fingerprint density at radius 2 is 1.83 bits per heavy atom. The third-order valence-corrected chi connectivity index (χ3v) is 6.27. The van der Waals surface area contributed by atoms with Gasteiger partial charge in [-0.05, 0) is 68.3 Å². The zero-order valence-electron chi connectivity index (χ0n) is 14.2. The average molecular weight is 314 g/mol. The fourth-order valence-corrected chi connectivity index (χ4v) is 4.47. The summed E-state index contributed by atoms with van der Waals surface area (Å²) in [6.07, 6.45) is 9.17. The quantitative estimate of drug-likeness (QED) is 0.898. The number of nitrogens with zero attached hydrogens (tertiary/aromatic N) is 1. The van der Waals surface area contributed by atoms with Gasteiger partial charge < -0.3 is 10.4 Å². The van der Waals surface area contributed by atoms with Crippen LogP contribution in [0, 0.1) is 0 Å². The van der Waals surface area contributed by atoms with E-state index in [2.05, 4.69) is 28.4 Å². The van der Waals surface area contributed by atoms with Gasteiger partial charge in [-0.25, -0.2) is 0 Å². The number of hydrogen-bond donors (Lipinski definition) is 2. The molecule has 2 fully saturated rings. The molecule has 2 aliphatic heterocycles. The Morgan fingerprint density at radius 3 is 2.52 bits per heavy atom. The SMILES string of the molecule is OC1(Cc2ccc3c(c2)CCN(C2CCC2)CC3)CCNCC1. The first kappa shape index (κ1) is 15.6. The third kappa shape index (κ3) is 3.47. The normalized spacial score (nSPS) is 25.4. The van der Waals surface area contributed by atoms with Gasteiger partial charge in [-0.2, -0.15) is 0 Å². The van der Waals surface area contributed by atoms with E-state index >= 15 is 0 Å². The number of hydrogen-bond acceptors (Lipinski definition) is 3. The number of nitrogens with one attached hydrogen (secondary N) is 1. The Labute approximate surface area is 140 Å². The summed E-state index contributed by atoms with van der Waals surface area (Å²) < 4.78 is 0. The molecule has 0 bridgehead atoms. The van der Waals surface area contributed by atoms with Crippen molar-refractivity contribution >= 4 is 0 Å². The van der Waals surface area contributed by atoms with Crippen LogP contribution in [0.15, 0.2) is 18.2 Å². The second kappa shape index (κ2) is 6.54. The lowest BCUT2D eigenvalue weighted by Crippen LogP contribution is -2.43. The number of benzene rings is 1. The van der Waals surface area contributed by atoms with Gasteiger partial charge in [0.1, 0.15) is 0 Å². The highest BCUT2D eigenvalue weighted by Gasteiger charge is 2.30. The molecule has 126 valence electrons. The molecule has 0 radical (unpaired) electrons. The van der Waals surface area contributed by atoms with Crippen molar-refractivity contribution in [2.45, 2.75) is 63.0 Å². The van der Waals surface area contributed by atoms with Crippen LogP contribution in [-0.2, 0) is 19.3 Å². The Balaban J connectivity index is 1.45. The molecule has 4 rings (SSSR count). The topological polar surface area (TPSA) is 35.5 Å². The van der Waals surface area contributed by atoms with E-state index in [0.29, 0.717) is 0 Å². The molecule has 1 saturated heterocycles. The minimum atomic E-state index is -0.498. The van der Waals surface area contributed by atoms with E-state index in [1.807, 2.05) is 0 Å². The summed E-state index contributed by atoms with van der Waals surface area (Å²) in [6, 6.07) is 7.84. The maximum atomic E-state index is 10.8. The molecule has 0 spiro atoms. The maximum absolute atomic E-state index is 10.8. The fourth-order valence-electron chi connectivity index (χ4n) is 4.47. The number of piperidine rings is 1. The molecule has 0 amide bonds. The largest absolute Gasteiger partial charge is 0.389 e. The van der Waals surface area contributed by atoms with Gasteiger partial charge in [-0.15, -0.1) is 0 Å². The highest BCUT2D eigenvalue weighted by Crippen LogP contribution is 2.29. The number of rotatable bonds is 3. The third-order valence-electron chi connectivity index (χ3n) is 6.27. The smallest absolute Gasteiger partial charge is 0.0712 e. The highest BCUT2D eigenvalue weighted by atomic mass is 16.3. The lowest BCUT2D eigenvalue weighted by molar-refractivity contribution is 0.0108. The predicted octanol–water partition coefficient (Wildman–Crippen LogP) is 2.30. The van der Waals surface area contributed by atoms with Gasteiger partial charge in [0.25, 0.3) is 0 Å². The standard InChI is InChI=1S/C20H30N2O/c23-20(8-10-21-11-9-20)15-16-4-5-17-6-12-22(19-2-1-3-19)13-7-18(17)14-16/h4-5,14,19,21,23H,1-3,6-13,15H2. The monoisotopic (exact) mass is 314 g/mol. The van der Waals surface area contributed by atoms with Crippen LogP contribution in [0.3, 0.4) is 0 Å². The molecule has 3 nitrogen and oxygen atoms in total. The zero-order valence-corrected chi connectivity index (χ0v) is 14.2. The van der Waals surface area contributed by atoms with E-state index in [4.69, 9.17) is 0 Å². The number of fused-ring (bicyclic) bond motifs is 1. The molecule has 1 aromatic rings. The summed E-state index contributed by atoms with van der Waals surface area (Å²) in [7, 11) is 0. The van der Waals surface area contributed by atoms with Crippen LogP contribution in [0.5, 0.6) is 0 Å². The molecule has 3 aliphatic rings. The molecule has 3 heteroatoms. The van der Waals surface area contributed by atoms with Crippen molar-refractivity contribution < 1.29 is 5.11 Å². The van der Waals surface area contributed by atoms with Crippen molar-refractivity contribution in [3.05, 3.63) is 34.9 Å². The molecule has 1 saturated carbocycles.